The summed E-state index contributed by atoms with van der Waals surface area (Å²) in [5.74, 6) is 1.01. The largest absolute Gasteiger partial charge is 0.310 e. The first-order chi connectivity index (χ1) is 8.38. The summed E-state index contributed by atoms with van der Waals surface area (Å²) in [4.78, 5) is 0. The predicted molar refractivity (Wildman–Crippen MR) is 73.9 cm³/mol. The van der Waals surface area contributed by atoms with Crippen LogP contribution in [0.15, 0.2) is 30.3 Å². The molecule has 1 aromatic rings. The lowest BCUT2D eigenvalue weighted by Crippen LogP contribution is -2.32. The Bertz CT molecular complexity index is 299. The van der Waals surface area contributed by atoms with Crippen molar-refractivity contribution in [2.24, 2.45) is 5.92 Å². The van der Waals surface area contributed by atoms with Gasteiger partial charge >= 0.3 is 0 Å². The summed E-state index contributed by atoms with van der Waals surface area (Å²) < 4.78 is 0. The van der Waals surface area contributed by atoms with Gasteiger partial charge in [-0.05, 0) is 37.2 Å². The second-order valence-electron chi connectivity index (χ2n) is 5.37. The van der Waals surface area contributed by atoms with Gasteiger partial charge in [-0.25, -0.2) is 0 Å². The fourth-order valence-corrected chi connectivity index (χ4v) is 2.92. The minimum absolute atomic E-state index is 0.753. The zero-order chi connectivity index (χ0) is 11.9. The van der Waals surface area contributed by atoms with Crippen molar-refractivity contribution in [1.29, 1.82) is 0 Å². The van der Waals surface area contributed by atoms with Crippen LogP contribution in [0.4, 0.5) is 0 Å². The molecule has 0 spiro atoms. The Hall–Kier alpha value is -0.820. The molecule has 94 valence electrons. The normalized spacial score (nSPS) is 24.8. The van der Waals surface area contributed by atoms with Crippen molar-refractivity contribution in [2.45, 2.75) is 58.0 Å². The molecule has 1 aromatic carbocycles. The summed E-state index contributed by atoms with van der Waals surface area (Å²) in [5.41, 5.74) is 1.41. The summed E-state index contributed by atoms with van der Waals surface area (Å²) in [7, 11) is 0. The molecule has 0 aromatic heterocycles. The minimum Gasteiger partial charge on any atom is -0.310 e. The maximum absolute atomic E-state index is 3.70. The van der Waals surface area contributed by atoms with Crippen LogP contribution in [-0.2, 0) is 6.54 Å². The lowest BCUT2D eigenvalue weighted by atomic mass is 9.83. The first-order valence-electron chi connectivity index (χ1n) is 7.15. The molecular formula is C16H25N. The topological polar surface area (TPSA) is 12.0 Å². The molecule has 0 unspecified atom stereocenters. The molecule has 0 aliphatic heterocycles. The Morgan fingerprint density at radius 3 is 2.41 bits per heavy atom. The molecule has 17 heavy (non-hydrogen) atoms. The van der Waals surface area contributed by atoms with Gasteiger partial charge in [-0.3, -0.25) is 0 Å². The van der Waals surface area contributed by atoms with Crippen molar-refractivity contribution >= 4 is 0 Å². The van der Waals surface area contributed by atoms with Crippen molar-refractivity contribution in [2.75, 3.05) is 0 Å². The van der Waals surface area contributed by atoms with Crippen LogP contribution < -0.4 is 5.32 Å². The molecule has 0 amide bonds. The second-order valence-corrected chi connectivity index (χ2v) is 5.37. The minimum atomic E-state index is 0.753. The van der Waals surface area contributed by atoms with E-state index < -0.39 is 0 Å². The molecule has 0 heterocycles. The molecule has 1 heteroatoms. The van der Waals surface area contributed by atoms with Crippen molar-refractivity contribution in [3.63, 3.8) is 0 Å². The third kappa shape index (κ3) is 4.16. The molecule has 1 nitrogen and oxygen atoms in total. The molecule has 1 N–H and O–H groups in total. The SMILES string of the molecule is CCC[C@H]1CC[C@H](NCc2ccccc2)CC1. The van der Waals surface area contributed by atoms with Gasteiger partial charge in [-0.15, -0.1) is 0 Å². The summed E-state index contributed by atoms with van der Waals surface area (Å²) >= 11 is 0. The second kappa shape index (κ2) is 6.80. The van der Waals surface area contributed by atoms with Crippen molar-refractivity contribution in [3.05, 3.63) is 35.9 Å². The van der Waals surface area contributed by atoms with E-state index in [-0.39, 0.29) is 0 Å². The zero-order valence-corrected chi connectivity index (χ0v) is 11.0. The quantitative estimate of drug-likeness (QED) is 0.803. The van der Waals surface area contributed by atoms with Gasteiger partial charge in [0.15, 0.2) is 0 Å². The standard InChI is InChI=1S/C16H25N/c1-2-6-14-9-11-16(12-10-14)17-13-15-7-4-3-5-8-15/h3-5,7-8,14,16-17H,2,6,9-13H2,1H3/t14-,16-. The van der Waals surface area contributed by atoms with Gasteiger partial charge in [0, 0.05) is 12.6 Å². The Kier molecular flexibility index (Phi) is 5.06. The van der Waals surface area contributed by atoms with E-state index >= 15 is 0 Å². The number of benzene rings is 1. The van der Waals surface area contributed by atoms with E-state index in [4.69, 9.17) is 0 Å². The van der Waals surface area contributed by atoms with Crippen LogP contribution in [0.25, 0.3) is 0 Å². The van der Waals surface area contributed by atoms with Crippen molar-refractivity contribution in [1.82, 2.24) is 5.32 Å². The van der Waals surface area contributed by atoms with Crippen LogP contribution in [0.3, 0.4) is 0 Å². The first kappa shape index (κ1) is 12.6. The molecule has 0 saturated heterocycles. The van der Waals surface area contributed by atoms with Crippen LogP contribution in [0, 0.1) is 5.92 Å². The lowest BCUT2D eigenvalue weighted by molar-refractivity contribution is 0.277. The summed E-state index contributed by atoms with van der Waals surface area (Å²) in [6.07, 6.45) is 8.40. The average molecular weight is 231 g/mol. The van der Waals surface area contributed by atoms with E-state index in [1.165, 1.54) is 44.1 Å². The molecule has 1 aliphatic rings. The fourth-order valence-electron chi connectivity index (χ4n) is 2.92. The van der Waals surface area contributed by atoms with Crippen LogP contribution >= 0.6 is 0 Å². The summed E-state index contributed by atoms with van der Waals surface area (Å²) in [6.45, 7) is 3.34. The molecule has 0 bridgehead atoms. The number of nitrogens with one attached hydrogen (secondary N) is 1. The molecule has 0 atom stereocenters. The average Bonchev–Trinajstić information content (AvgIpc) is 2.40. The van der Waals surface area contributed by atoms with Gasteiger partial charge < -0.3 is 5.32 Å². The maximum atomic E-state index is 3.70. The van der Waals surface area contributed by atoms with Gasteiger partial charge in [0.05, 0.1) is 0 Å². The Morgan fingerprint density at radius 1 is 1.06 bits per heavy atom. The van der Waals surface area contributed by atoms with E-state index in [1.54, 1.807) is 0 Å². The molecule has 1 aliphatic carbocycles. The monoisotopic (exact) mass is 231 g/mol. The molecule has 1 saturated carbocycles. The highest BCUT2D eigenvalue weighted by Crippen LogP contribution is 2.27. The number of rotatable bonds is 5. The van der Waals surface area contributed by atoms with Crippen LogP contribution in [0.1, 0.15) is 51.0 Å². The van der Waals surface area contributed by atoms with Gasteiger partial charge in [0.2, 0.25) is 0 Å². The summed E-state index contributed by atoms with van der Waals surface area (Å²) in [6, 6.07) is 11.5. The lowest BCUT2D eigenvalue weighted by Gasteiger charge is -2.29. The Morgan fingerprint density at radius 2 is 1.76 bits per heavy atom. The third-order valence-electron chi connectivity index (χ3n) is 3.98. The number of hydrogen-bond donors (Lipinski definition) is 1. The van der Waals surface area contributed by atoms with E-state index in [9.17, 15) is 0 Å². The van der Waals surface area contributed by atoms with Crippen LogP contribution in [0.2, 0.25) is 0 Å². The van der Waals surface area contributed by atoms with E-state index in [1.807, 2.05) is 0 Å². The fraction of sp³-hybridized carbons (Fsp3) is 0.625. The molecular weight excluding hydrogens is 206 g/mol. The van der Waals surface area contributed by atoms with Crippen LogP contribution in [0.5, 0.6) is 0 Å². The first-order valence-corrected chi connectivity index (χ1v) is 7.15. The van der Waals surface area contributed by atoms with Crippen molar-refractivity contribution < 1.29 is 0 Å². The Balaban J connectivity index is 1.68. The highest BCUT2D eigenvalue weighted by Gasteiger charge is 2.19. The highest BCUT2D eigenvalue weighted by atomic mass is 14.9. The highest BCUT2D eigenvalue weighted by molar-refractivity contribution is 5.14. The van der Waals surface area contributed by atoms with Gasteiger partial charge in [-0.1, -0.05) is 50.1 Å². The van der Waals surface area contributed by atoms with Crippen molar-refractivity contribution in [3.8, 4) is 0 Å². The van der Waals surface area contributed by atoms with Gasteiger partial charge in [0.25, 0.3) is 0 Å². The maximum Gasteiger partial charge on any atom is 0.0208 e. The smallest absolute Gasteiger partial charge is 0.0208 e. The summed E-state index contributed by atoms with van der Waals surface area (Å²) in [5, 5.41) is 3.70. The predicted octanol–water partition coefficient (Wildman–Crippen LogP) is 4.14. The Labute approximate surface area is 106 Å². The third-order valence-corrected chi connectivity index (χ3v) is 3.98. The van der Waals surface area contributed by atoms with E-state index in [2.05, 4.69) is 42.6 Å². The molecule has 0 radical (unpaired) electrons. The molecule has 2 rings (SSSR count). The zero-order valence-electron chi connectivity index (χ0n) is 11.0. The van der Waals surface area contributed by atoms with Gasteiger partial charge in [-0.2, -0.15) is 0 Å². The van der Waals surface area contributed by atoms with Crippen LogP contribution in [-0.4, -0.2) is 6.04 Å². The van der Waals surface area contributed by atoms with Gasteiger partial charge in [0.1, 0.15) is 0 Å². The number of hydrogen-bond acceptors (Lipinski definition) is 1. The van der Waals surface area contributed by atoms with E-state index in [0.29, 0.717) is 0 Å². The van der Waals surface area contributed by atoms with E-state index in [0.717, 1.165) is 18.5 Å². The molecule has 1 fully saturated rings.